The van der Waals surface area contributed by atoms with E-state index >= 15 is 0 Å². The molecule has 0 bridgehead atoms. The molecule has 130 valence electrons. The van der Waals surface area contributed by atoms with Crippen molar-refractivity contribution in [2.24, 2.45) is 11.8 Å². The Balaban J connectivity index is 2.73. The van der Waals surface area contributed by atoms with Gasteiger partial charge in [-0.05, 0) is 42.9 Å². The lowest BCUT2D eigenvalue weighted by atomic mass is 10.1. The van der Waals surface area contributed by atoms with Gasteiger partial charge in [-0.3, -0.25) is 4.79 Å². The normalized spacial score (nSPS) is 11.9. The van der Waals surface area contributed by atoms with E-state index in [1.54, 1.807) is 12.1 Å². The molecule has 6 heteroatoms. The van der Waals surface area contributed by atoms with Gasteiger partial charge in [0, 0.05) is 18.7 Å². The van der Waals surface area contributed by atoms with Crippen molar-refractivity contribution in [3.8, 4) is 0 Å². The fourth-order valence-electron chi connectivity index (χ4n) is 1.95. The minimum atomic E-state index is -3.58. The second-order valence-corrected chi connectivity index (χ2v) is 8.31. The second-order valence-electron chi connectivity index (χ2n) is 6.55. The van der Waals surface area contributed by atoms with Crippen LogP contribution in [0.5, 0.6) is 0 Å². The van der Waals surface area contributed by atoms with Gasteiger partial charge >= 0.3 is 0 Å². The maximum absolute atomic E-state index is 12.2. The van der Waals surface area contributed by atoms with Gasteiger partial charge < -0.3 is 5.32 Å². The molecule has 0 atom stereocenters. The summed E-state index contributed by atoms with van der Waals surface area (Å²) in [5.41, 5.74) is 0.362. The molecule has 0 heterocycles. The second kappa shape index (κ2) is 9.03. The molecule has 0 saturated carbocycles. The van der Waals surface area contributed by atoms with E-state index in [4.69, 9.17) is 0 Å². The summed E-state index contributed by atoms with van der Waals surface area (Å²) < 4.78 is 27.1. The summed E-state index contributed by atoms with van der Waals surface area (Å²) in [6.45, 7) is 9.22. The molecule has 1 aromatic rings. The summed E-state index contributed by atoms with van der Waals surface area (Å²) in [5.74, 6) is 0.688. The van der Waals surface area contributed by atoms with E-state index in [-0.39, 0.29) is 10.8 Å². The molecule has 2 N–H and O–H groups in total. The standard InChI is InChI=1S/C17H28N2O3S/c1-13(2)8-10-18-17(20)15-6-5-7-16(12-15)23(21,22)19-11-9-14(3)4/h5-7,12-14,19H,8-11H2,1-4H3,(H,18,20). The fourth-order valence-corrected chi connectivity index (χ4v) is 3.04. The van der Waals surface area contributed by atoms with Crippen molar-refractivity contribution >= 4 is 15.9 Å². The van der Waals surface area contributed by atoms with Crippen LogP contribution in [0.4, 0.5) is 0 Å². The Bertz CT molecular complexity index is 610. The largest absolute Gasteiger partial charge is 0.352 e. The summed E-state index contributed by atoms with van der Waals surface area (Å²) in [6, 6.07) is 6.14. The van der Waals surface area contributed by atoms with Crippen LogP contribution >= 0.6 is 0 Å². The molecule has 0 spiro atoms. The van der Waals surface area contributed by atoms with Gasteiger partial charge in [-0.25, -0.2) is 13.1 Å². The van der Waals surface area contributed by atoms with E-state index in [9.17, 15) is 13.2 Å². The lowest BCUT2D eigenvalue weighted by Crippen LogP contribution is -2.27. The van der Waals surface area contributed by atoms with Crippen molar-refractivity contribution in [2.75, 3.05) is 13.1 Å². The Kier molecular flexibility index (Phi) is 7.72. The van der Waals surface area contributed by atoms with E-state index in [1.165, 1.54) is 12.1 Å². The molecular weight excluding hydrogens is 312 g/mol. The Morgan fingerprint density at radius 3 is 2.26 bits per heavy atom. The minimum Gasteiger partial charge on any atom is -0.352 e. The monoisotopic (exact) mass is 340 g/mol. The molecule has 0 unspecified atom stereocenters. The highest BCUT2D eigenvalue weighted by Gasteiger charge is 2.16. The van der Waals surface area contributed by atoms with E-state index in [2.05, 4.69) is 23.9 Å². The minimum absolute atomic E-state index is 0.123. The molecule has 1 aromatic carbocycles. The first-order valence-corrected chi connectivity index (χ1v) is 9.58. The Hall–Kier alpha value is -1.40. The van der Waals surface area contributed by atoms with Crippen molar-refractivity contribution in [3.05, 3.63) is 29.8 Å². The number of rotatable bonds is 9. The van der Waals surface area contributed by atoms with Crippen LogP contribution in [0.2, 0.25) is 0 Å². The van der Waals surface area contributed by atoms with E-state index < -0.39 is 10.0 Å². The molecule has 0 radical (unpaired) electrons. The summed E-state index contributed by atoms with van der Waals surface area (Å²) in [5, 5.41) is 2.81. The van der Waals surface area contributed by atoms with Gasteiger partial charge in [-0.1, -0.05) is 33.8 Å². The van der Waals surface area contributed by atoms with Crippen LogP contribution in [0.3, 0.4) is 0 Å². The van der Waals surface area contributed by atoms with Crippen molar-refractivity contribution < 1.29 is 13.2 Å². The van der Waals surface area contributed by atoms with Gasteiger partial charge in [0.1, 0.15) is 0 Å². The molecule has 0 aliphatic heterocycles. The SMILES string of the molecule is CC(C)CCNC(=O)c1cccc(S(=O)(=O)NCCC(C)C)c1. The highest BCUT2D eigenvalue weighted by Crippen LogP contribution is 2.12. The lowest BCUT2D eigenvalue weighted by Gasteiger charge is -2.10. The van der Waals surface area contributed by atoms with Crippen molar-refractivity contribution in [1.29, 1.82) is 0 Å². The van der Waals surface area contributed by atoms with Gasteiger partial charge in [-0.15, -0.1) is 0 Å². The van der Waals surface area contributed by atoms with Crippen LogP contribution in [0, 0.1) is 11.8 Å². The maximum Gasteiger partial charge on any atom is 0.251 e. The third-order valence-electron chi connectivity index (χ3n) is 3.43. The zero-order valence-corrected chi connectivity index (χ0v) is 15.2. The molecule has 1 amide bonds. The number of benzene rings is 1. The zero-order chi connectivity index (χ0) is 17.5. The van der Waals surface area contributed by atoms with Crippen molar-refractivity contribution in [1.82, 2.24) is 10.0 Å². The third kappa shape index (κ3) is 7.14. The average Bonchev–Trinajstić information content (AvgIpc) is 2.46. The van der Waals surface area contributed by atoms with E-state index in [1.807, 2.05) is 13.8 Å². The highest BCUT2D eigenvalue weighted by atomic mass is 32.2. The molecule has 0 fully saturated rings. The number of nitrogens with one attached hydrogen (secondary N) is 2. The van der Waals surface area contributed by atoms with Gasteiger partial charge in [-0.2, -0.15) is 0 Å². The first-order chi connectivity index (χ1) is 10.7. The number of carbonyl (C=O) groups excluding carboxylic acids is 1. The van der Waals surface area contributed by atoms with Crippen molar-refractivity contribution in [2.45, 2.75) is 45.4 Å². The zero-order valence-electron chi connectivity index (χ0n) is 14.4. The smallest absolute Gasteiger partial charge is 0.251 e. The Labute approximate surface area is 139 Å². The van der Waals surface area contributed by atoms with Crippen LogP contribution in [0.15, 0.2) is 29.2 Å². The molecule has 0 aliphatic carbocycles. The van der Waals surface area contributed by atoms with Crippen molar-refractivity contribution in [3.63, 3.8) is 0 Å². The summed E-state index contributed by atoms with van der Waals surface area (Å²) in [4.78, 5) is 12.2. The van der Waals surface area contributed by atoms with Crippen LogP contribution in [-0.4, -0.2) is 27.4 Å². The van der Waals surface area contributed by atoms with E-state index in [0.29, 0.717) is 30.5 Å². The molecule has 5 nitrogen and oxygen atoms in total. The number of hydrogen-bond donors (Lipinski definition) is 2. The van der Waals surface area contributed by atoms with Crippen LogP contribution in [-0.2, 0) is 10.0 Å². The Morgan fingerprint density at radius 2 is 1.65 bits per heavy atom. The molecule has 0 aromatic heterocycles. The predicted molar refractivity (Wildman–Crippen MR) is 92.9 cm³/mol. The molecular formula is C17H28N2O3S. The van der Waals surface area contributed by atoms with Crippen LogP contribution in [0.25, 0.3) is 0 Å². The molecule has 23 heavy (non-hydrogen) atoms. The number of sulfonamides is 1. The highest BCUT2D eigenvalue weighted by molar-refractivity contribution is 7.89. The van der Waals surface area contributed by atoms with Gasteiger partial charge in [0.25, 0.3) is 5.91 Å². The molecule has 0 aliphatic rings. The number of carbonyl (C=O) groups is 1. The maximum atomic E-state index is 12.2. The number of hydrogen-bond acceptors (Lipinski definition) is 3. The molecule has 1 rings (SSSR count). The van der Waals surface area contributed by atoms with Crippen LogP contribution < -0.4 is 10.0 Å². The van der Waals surface area contributed by atoms with E-state index in [0.717, 1.165) is 12.8 Å². The summed E-state index contributed by atoms with van der Waals surface area (Å²) in [7, 11) is -3.58. The number of amides is 1. The first kappa shape index (κ1) is 19.6. The Morgan fingerprint density at radius 1 is 1.04 bits per heavy atom. The first-order valence-electron chi connectivity index (χ1n) is 8.10. The van der Waals surface area contributed by atoms with Gasteiger partial charge in [0.15, 0.2) is 0 Å². The third-order valence-corrected chi connectivity index (χ3v) is 4.89. The lowest BCUT2D eigenvalue weighted by molar-refractivity contribution is 0.0952. The summed E-state index contributed by atoms with van der Waals surface area (Å²) >= 11 is 0. The summed E-state index contributed by atoms with van der Waals surface area (Å²) in [6.07, 6.45) is 1.66. The van der Waals surface area contributed by atoms with Gasteiger partial charge in [0.2, 0.25) is 10.0 Å². The van der Waals surface area contributed by atoms with Gasteiger partial charge in [0.05, 0.1) is 4.90 Å². The fraction of sp³-hybridized carbons (Fsp3) is 0.588. The topological polar surface area (TPSA) is 75.3 Å². The molecule has 0 saturated heterocycles. The predicted octanol–water partition coefficient (Wildman–Crippen LogP) is 2.79. The van der Waals surface area contributed by atoms with Crippen LogP contribution in [0.1, 0.15) is 50.9 Å². The quantitative estimate of drug-likeness (QED) is 0.726. The average molecular weight is 340 g/mol.